The Hall–Kier alpha value is -2.26. The highest BCUT2D eigenvalue weighted by Gasteiger charge is 2.30. The highest BCUT2D eigenvalue weighted by atomic mass is 19.1. The molecular weight excluding hydrogens is 263 g/mol. The van der Waals surface area contributed by atoms with E-state index in [1.54, 1.807) is 6.07 Å². The van der Waals surface area contributed by atoms with Crippen molar-refractivity contribution in [3.8, 4) is 0 Å². The first-order chi connectivity index (χ1) is 10.1. The van der Waals surface area contributed by atoms with Gasteiger partial charge in [0.2, 0.25) is 0 Å². The third kappa shape index (κ3) is 2.30. The Morgan fingerprint density at radius 3 is 2.52 bits per heavy atom. The van der Waals surface area contributed by atoms with Crippen molar-refractivity contribution in [3.05, 3.63) is 77.9 Å². The molecule has 0 radical (unpaired) electrons. The maximum atomic E-state index is 13.1. The third-order valence-electron chi connectivity index (χ3n) is 4.01. The molecule has 3 rings (SSSR count). The lowest BCUT2D eigenvalue weighted by Gasteiger charge is -2.29. The Morgan fingerprint density at radius 2 is 1.81 bits per heavy atom. The molecule has 3 aromatic rings. The van der Waals surface area contributed by atoms with Gasteiger partial charge in [0.1, 0.15) is 5.82 Å². The zero-order valence-corrected chi connectivity index (χ0v) is 11.9. The van der Waals surface area contributed by atoms with Crippen molar-refractivity contribution in [1.82, 2.24) is 4.98 Å². The molecule has 2 nitrogen and oxygen atoms in total. The smallest absolute Gasteiger partial charge is 0.141 e. The summed E-state index contributed by atoms with van der Waals surface area (Å²) in [5.41, 5.74) is 7.64. The van der Waals surface area contributed by atoms with Crippen LogP contribution in [0.5, 0.6) is 0 Å². The van der Waals surface area contributed by atoms with Crippen LogP contribution in [0.3, 0.4) is 0 Å². The number of pyridine rings is 1. The van der Waals surface area contributed by atoms with Gasteiger partial charge in [-0.05, 0) is 34.9 Å². The first-order valence-corrected chi connectivity index (χ1v) is 7.04. The fraction of sp³-hybridized carbons (Fsp3) is 0.167. The predicted octanol–water partition coefficient (Wildman–Crippen LogP) is 3.99. The minimum atomic E-state index is -0.728. The zero-order chi connectivity index (χ0) is 14.9. The van der Waals surface area contributed by atoms with E-state index in [2.05, 4.69) is 23.2 Å². The van der Waals surface area contributed by atoms with Crippen molar-refractivity contribution in [2.24, 2.45) is 5.73 Å². The first kappa shape index (κ1) is 13.7. The molecule has 1 unspecified atom stereocenters. The minimum Gasteiger partial charge on any atom is -0.316 e. The van der Waals surface area contributed by atoms with Gasteiger partial charge in [-0.3, -0.25) is 4.98 Å². The number of halogens is 1. The number of nitrogens with two attached hydrogens (primary N) is 1. The molecule has 21 heavy (non-hydrogen) atoms. The van der Waals surface area contributed by atoms with Gasteiger partial charge in [-0.1, -0.05) is 49.4 Å². The second-order valence-corrected chi connectivity index (χ2v) is 5.21. The van der Waals surface area contributed by atoms with Crippen LogP contribution in [-0.4, -0.2) is 4.98 Å². The maximum absolute atomic E-state index is 13.1. The molecule has 2 aromatic carbocycles. The summed E-state index contributed by atoms with van der Waals surface area (Å²) in [6, 6.07) is 17.3. The Labute approximate surface area is 123 Å². The summed E-state index contributed by atoms with van der Waals surface area (Å²) < 4.78 is 13.1. The number of fused-ring (bicyclic) bond motifs is 1. The van der Waals surface area contributed by atoms with E-state index in [-0.39, 0.29) is 5.82 Å². The number of hydrogen-bond donors (Lipinski definition) is 1. The lowest BCUT2D eigenvalue weighted by Crippen LogP contribution is -2.38. The van der Waals surface area contributed by atoms with E-state index < -0.39 is 5.54 Å². The number of nitrogens with zero attached hydrogens (tertiary/aromatic N) is 1. The highest BCUT2D eigenvalue weighted by Crippen LogP contribution is 2.34. The second-order valence-electron chi connectivity index (χ2n) is 5.21. The molecule has 1 heterocycles. The summed E-state index contributed by atoms with van der Waals surface area (Å²) in [6.45, 7) is 2.02. The fourth-order valence-corrected chi connectivity index (χ4v) is 2.76. The van der Waals surface area contributed by atoms with Crippen LogP contribution in [0.15, 0.2) is 60.8 Å². The van der Waals surface area contributed by atoms with Crippen LogP contribution in [-0.2, 0) is 5.54 Å². The summed E-state index contributed by atoms with van der Waals surface area (Å²) in [6.07, 6.45) is 1.90. The van der Waals surface area contributed by atoms with Crippen LogP contribution in [0.4, 0.5) is 4.39 Å². The Balaban J connectivity index is 2.24. The van der Waals surface area contributed by atoms with Gasteiger partial charge in [-0.25, -0.2) is 4.39 Å². The summed E-state index contributed by atoms with van der Waals surface area (Å²) >= 11 is 0. The maximum Gasteiger partial charge on any atom is 0.141 e. The van der Waals surface area contributed by atoms with E-state index >= 15 is 0 Å². The Bertz CT molecular complexity index is 762. The SMILES string of the molecule is CCC(N)(c1ccc(F)cn1)c1cccc2ccccc12. The molecule has 0 saturated carbocycles. The van der Waals surface area contributed by atoms with Gasteiger partial charge in [0.05, 0.1) is 17.4 Å². The minimum absolute atomic E-state index is 0.352. The van der Waals surface area contributed by atoms with E-state index in [1.165, 1.54) is 12.3 Å². The highest BCUT2D eigenvalue weighted by molar-refractivity contribution is 5.87. The molecule has 0 saturated heterocycles. The molecule has 0 fully saturated rings. The van der Waals surface area contributed by atoms with E-state index in [0.29, 0.717) is 12.1 Å². The largest absolute Gasteiger partial charge is 0.316 e. The second kappa shape index (κ2) is 5.26. The van der Waals surface area contributed by atoms with E-state index in [0.717, 1.165) is 16.3 Å². The fourth-order valence-electron chi connectivity index (χ4n) is 2.76. The van der Waals surface area contributed by atoms with Gasteiger partial charge in [-0.2, -0.15) is 0 Å². The van der Waals surface area contributed by atoms with Crippen molar-refractivity contribution in [2.45, 2.75) is 18.9 Å². The van der Waals surface area contributed by atoms with Crippen molar-refractivity contribution in [1.29, 1.82) is 0 Å². The van der Waals surface area contributed by atoms with Crippen molar-refractivity contribution in [2.75, 3.05) is 0 Å². The molecule has 106 valence electrons. The van der Waals surface area contributed by atoms with Crippen molar-refractivity contribution in [3.63, 3.8) is 0 Å². The molecule has 0 spiro atoms. The quantitative estimate of drug-likeness (QED) is 0.788. The average Bonchev–Trinajstić information content (AvgIpc) is 2.54. The molecule has 2 N–H and O–H groups in total. The zero-order valence-electron chi connectivity index (χ0n) is 11.9. The molecule has 0 aliphatic rings. The molecule has 1 aromatic heterocycles. The standard InChI is InChI=1S/C18H17FN2/c1-2-18(20,17-11-10-14(19)12-21-17)16-9-5-7-13-6-3-4-8-15(13)16/h3-12H,2,20H2,1H3. The average molecular weight is 280 g/mol. The van der Waals surface area contributed by atoms with Gasteiger partial charge in [0, 0.05) is 0 Å². The van der Waals surface area contributed by atoms with E-state index in [1.807, 2.05) is 31.2 Å². The lowest BCUT2D eigenvalue weighted by atomic mass is 9.82. The van der Waals surface area contributed by atoms with Gasteiger partial charge >= 0.3 is 0 Å². The molecule has 1 atom stereocenters. The van der Waals surface area contributed by atoms with Crippen LogP contribution in [0.2, 0.25) is 0 Å². The molecule has 0 bridgehead atoms. The number of hydrogen-bond acceptors (Lipinski definition) is 2. The van der Waals surface area contributed by atoms with Crippen LogP contribution in [0, 0.1) is 5.82 Å². The van der Waals surface area contributed by atoms with Gasteiger partial charge < -0.3 is 5.73 Å². The van der Waals surface area contributed by atoms with Crippen LogP contribution < -0.4 is 5.73 Å². The van der Waals surface area contributed by atoms with Gasteiger partial charge in [0.25, 0.3) is 0 Å². The summed E-state index contributed by atoms with van der Waals surface area (Å²) in [7, 11) is 0. The van der Waals surface area contributed by atoms with Crippen LogP contribution >= 0.6 is 0 Å². The predicted molar refractivity (Wildman–Crippen MR) is 83.4 cm³/mol. The lowest BCUT2D eigenvalue weighted by molar-refractivity contribution is 0.503. The Kier molecular flexibility index (Phi) is 3.43. The van der Waals surface area contributed by atoms with Crippen molar-refractivity contribution < 1.29 is 4.39 Å². The summed E-state index contributed by atoms with van der Waals surface area (Å²) in [4.78, 5) is 4.20. The number of aromatic nitrogens is 1. The third-order valence-corrected chi connectivity index (χ3v) is 4.01. The molecule has 0 amide bonds. The number of rotatable bonds is 3. The first-order valence-electron chi connectivity index (χ1n) is 7.04. The van der Waals surface area contributed by atoms with Crippen molar-refractivity contribution >= 4 is 10.8 Å². The summed E-state index contributed by atoms with van der Waals surface area (Å²) in [5.74, 6) is -0.352. The monoisotopic (exact) mass is 280 g/mol. The Morgan fingerprint density at radius 1 is 1.05 bits per heavy atom. The van der Waals surface area contributed by atoms with Gasteiger partial charge in [0.15, 0.2) is 0 Å². The molecule has 0 aliphatic carbocycles. The number of benzene rings is 2. The van der Waals surface area contributed by atoms with Crippen LogP contribution in [0.25, 0.3) is 10.8 Å². The van der Waals surface area contributed by atoms with E-state index in [4.69, 9.17) is 5.73 Å². The molecule has 0 aliphatic heterocycles. The normalized spacial score (nSPS) is 14.0. The molecular formula is C18H17FN2. The van der Waals surface area contributed by atoms with Gasteiger partial charge in [-0.15, -0.1) is 0 Å². The molecule has 3 heteroatoms. The summed E-state index contributed by atoms with van der Waals surface area (Å²) in [5, 5.41) is 2.25. The van der Waals surface area contributed by atoms with Crippen LogP contribution in [0.1, 0.15) is 24.6 Å². The van der Waals surface area contributed by atoms with E-state index in [9.17, 15) is 4.39 Å². The topological polar surface area (TPSA) is 38.9 Å².